The van der Waals surface area contributed by atoms with Gasteiger partial charge >= 0.3 is 0 Å². The monoisotopic (exact) mass is 659 g/mol. The second-order valence-electron chi connectivity index (χ2n) is 12.6. The summed E-state index contributed by atoms with van der Waals surface area (Å²) < 4.78 is 0. The maximum Gasteiger partial charge on any atom is 0.255 e. The van der Waals surface area contributed by atoms with E-state index in [1.54, 1.807) is 53.4 Å². The van der Waals surface area contributed by atoms with E-state index in [1.807, 2.05) is 65.6 Å². The summed E-state index contributed by atoms with van der Waals surface area (Å²) in [6, 6.07) is 31.7. The maximum atomic E-state index is 13.1. The number of likely N-dealkylation sites (tertiary alicyclic amines) is 2. The van der Waals surface area contributed by atoms with Gasteiger partial charge in [-0.25, -0.2) is 0 Å². The molecule has 2 heterocycles. The average molecular weight is 660 g/mol. The van der Waals surface area contributed by atoms with Gasteiger partial charge in [-0.15, -0.1) is 0 Å². The zero-order valence-corrected chi connectivity index (χ0v) is 27.3. The summed E-state index contributed by atoms with van der Waals surface area (Å²) in [4.78, 5) is 55.6. The Labute approximate surface area is 286 Å². The molecule has 10 nitrogen and oxygen atoms in total. The van der Waals surface area contributed by atoms with Crippen molar-refractivity contribution in [3.8, 4) is 0 Å². The Morgan fingerprint density at radius 1 is 0.633 bits per heavy atom. The molecule has 0 aliphatic carbocycles. The quantitative estimate of drug-likeness (QED) is 0.178. The Kier molecular flexibility index (Phi) is 10.8. The van der Waals surface area contributed by atoms with Crippen molar-refractivity contribution in [2.75, 3.05) is 29.0 Å². The van der Waals surface area contributed by atoms with Crippen LogP contribution in [0.4, 0.5) is 17.1 Å². The Hall–Kier alpha value is -5.32. The van der Waals surface area contributed by atoms with Gasteiger partial charge in [0.05, 0.1) is 12.5 Å². The zero-order chi connectivity index (χ0) is 34.2. The molecular weight excluding hydrogens is 618 g/mol. The highest BCUT2D eigenvalue weighted by molar-refractivity contribution is 6.05. The van der Waals surface area contributed by atoms with Crippen LogP contribution in [0, 0.1) is 0 Å². The first-order chi connectivity index (χ1) is 23.8. The molecule has 2 fully saturated rings. The first-order valence-corrected chi connectivity index (χ1v) is 16.8. The molecule has 10 heteroatoms. The molecule has 4 aromatic carbocycles. The van der Waals surface area contributed by atoms with Gasteiger partial charge < -0.3 is 26.0 Å². The Bertz CT molecular complexity index is 1750. The number of amides is 4. The molecule has 3 unspecified atom stereocenters. The number of hydrogen-bond donors (Lipinski definition) is 4. The number of benzene rings is 4. The molecule has 4 aromatic rings. The topological polar surface area (TPSA) is 131 Å². The van der Waals surface area contributed by atoms with Gasteiger partial charge in [0.25, 0.3) is 5.91 Å². The largest absolute Gasteiger partial charge is 0.378 e. The van der Waals surface area contributed by atoms with E-state index in [0.717, 1.165) is 24.0 Å². The number of rotatable bonds is 11. The van der Waals surface area contributed by atoms with Crippen LogP contribution in [0.1, 0.15) is 47.2 Å². The van der Waals surface area contributed by atoms with Crippen molar-refractivity contribution in [3.63, 3.8) is 0 Å². The van der Waals surface area contributed by atoms with Gasteiger partial charge in [-0.2, -0.15) is 0 Å². The van der Waals surface area contributed by atoms with Gasteiger partial charge in [-0.05, 0) is 85.3 Å². The fourth-order valence-electron chi connectivity index (χ4n) is 6.58. The van der Waals surface area contributed by atoms with Crippen molar-refractivity contribution < 1.29 is 24.3 Å². The molecule has 6 rings (SSSR count). The lowest BCUT2D eigenvalue weighted by Crippen LogP contribution is -2.46. The van der Waals surface area contributed by atoms with E-state index in [1.165, 1.54) is 0 Å². The first-order valence-electron chi connectivity index (χ1n) is 16.8. The summed E-state index contributed by atoms with van der Waals surface area (Å²) in [5.41, 5.74) is 4.03. The highest BCUT2D eigenvalue weighted by atomic mass is 16.3. The smallest absolute Gasteiger partial charge is 0.255 e. The standard InChI is InChI=1S/C39H41N5O5/c45-35(25-27-9-3-1-4-10-27)43-23-7-13-33(43)38(48)41-30-17-15-29(16-18-30)37(47)40-31-19-21-32(22-20-31)42-39(49)34-14-8-24-44(34)36(46)26-28-11-5-2-6-12-28/h1-6,9-12,15-22,33-35,45H,7-8,13-14,23-26H2,(H,40,47)(H,41,48)(H,42,49). The molecule has 4 amide bonds. The second kappa shape index (κ2) is 15.7. The van der Waals surface area contributed by atoms with Crippen LogP contribution in [-0.4, -0.2) is 69.9 Å². The van der Waals surface area contributed by atoms with Crippen LogP contribution in [0.2, 0.25) is 0 Å². The molecule has 0 bridgehead atoms. The number of carbonyl (C=O) groups is 4. The second-order valence-corrected chi connectivity index (χ2v) is 12.6. The van der Waals surface area contributed by atoms with E-state index in [-0.39, 0.29) is 30.0 Å². The maximum absolute atomic E-state index is 13.1. The lowest BCUT2D eigenvalue weighted by molar-refractivity contribution is -0.136. The Balaban J connectivity index is 0.980. The van der Waals surface area contributed by atoms with Crippen molar-refractivity contribution in [1.82, 2.24) is 9.80 Å². The van der Waals surface area contributed by atoms with Gasteiger partial charge in [-0.1, -0.05) is 60.7 Å². The molecule has 3 atom stereocenters. The van der Waals surface area contributed by atoms with Gasteiger partial charge in [0.2, 0.25) is 17.7 Å². The number of carbonyl (C=O) groups excluding carboxylic acids is 4. The van der Waals surface area contributed by atoms with Gasteiger partial charge in [0.15, 0.2) is 0 Å². The normalized spacial score (nSPS) is 18.1. The highest BCUT2D eigenvalue weighted by Gasteiger charge is 2.35. The van der Waals surface area contributed by atoms with Crippen molar-refractivity contribution in [1.29, 1.82) is 0 Å². The molecule has 2 aliphatic rings. The van der Waals surface area contributed by atoms with Crippen molar-refractivity contribution in [2.45, 2.75) is 56.8 Å². The molecule has 0 aromatic heterocycles. The number of aliphatic hydroxyl groups is 1. The third-order valence-corrected chi connectivity index (χ3v) is 9.14. The minimum atomic E-state index is -0.754. The third-order valence-electron chi connectivity index (χ3n) is 9.14. The fourth-order valence-corrected chi connectivity index (χ4v) is 6.58. The average Bonchev–Trinajstić information content (AvgIpc) is 3.82. The van der Waals surface area contributed by atoms with Crippen LogP contribution in [-0.2, 0) is 27.2 Å². The van der Waals surface area contributed by atoms with E-state index in [4.69, 9.17) is 0 Å². The van der Waals surface area contributed by atoms with E-state index in [0.29, 0.717) is 55.0 Å². The van der Waals surface area contributed by atoms with Crippen LogP contribution < -0.4 is 16.0 Å². The minimum absolute atomic E-state index is 0.0628. The predicted octanol–water partition coefficient (Wildman–Crippen LogP) is 5.08. The summed E-state index contributed by atoms with van der Waals surface area (Å²) >= 11 is 0. The highest BCUT2D eigenvalue weighted by Crippen LogP contribution is 2.24. The number of hydrogen-bond acceptors (Lipinski definition) is 6. The van der Waals surface area contributed by atoms with E-state index in [9.17, 15) is 24.3 Å². The van der Waals surface area contributed by atoms with Gasteiger partial charge in [0, 0.05) is 42.1 Å². The molecular formula is C39H41N5O5. The third kappa shape index (κ3) is 8.59. The van der Waals surface area contributed by atoms with Gasteiger partial charge in [-0.3, -0.25) is 24.1 Å². The van der Waals surface area contributed by atoms with Crippen molar-refractivity contribution in [3.05, 3.63) is 126 Å². The van der Waals surface area contributed by atoms with Crippen LogP contribution in [0.3, 0.4) is 0 Å². The first kappa shape index (κ1) is 33.6. The fraction of sp³-hybridized carbons (Fsp3) is 0.282. The SMILES string of the molecule is O=C(Nc1ccc(NC(=O)C2CCCN2C(=O)Cc2ccccc2)cc1)c1ccc(NC(=O)C2CCCN2C(O)Cc2ccccc2)cc1. The van der Waals surface area contributed by atoms with Crippen molar-refractivity contribution in [2.24, 2.45) is 0 Å². The molecule has 2 saturated heterocycles. The Morgan fingerprint density at radius 2 is 1.14 bits per heavy atom. The number of aliphatic hydroxyl groups excluding tert-OH is 1. The summed E-state index contributed by atoms with van der Waals surface area (Å²) in [6.07, 6.45) is 2.82. The minimum Gasteiger partial charge on any atom is -0.378 e. The molecule has 252 valence electrons. The van der Waals surface area contributed by atoms with Gasteiger partial charge in [0.1, 0.15) is 12.3 Å². The molecule has 0 saturated carbocycles. The summed E-state index contributed by atoms with van der Waals surface area (Å²) in [5, 5.41) is 19.5. The molecule has 49 heavy (non-hydrogen) atoms. The molecule has 4 N–H and O–H groups in total. The van der Waals surface area contributed by atoms with Crippen LogP contribution in [0.25, 0.3) is 0 Å². The molecule has 2 aliphatic heterocycles. The van der Waals surface area contributed by atoms with E-state index in [2.05, 4.69) is 16.0 Å². The molecule has 0 spiro atoms. The summed E-state index contributed by atoms with van der Waals surface area (Å²) in [6.45, 7) is 1.20. The number of nitrogens with zero attached hydrogens (tertiary/aromatic N) is 2. The number of nitrogens with one attached hydrogen (secondary N) is 3. The lowest BCUT2D eigenvalue weighted by Gasteiger charge is -2.28. The predicted molar refractivity (Wildman–Crippen MR) is 189 cm³/mol. The zero-order valence-electron chi connectivity index (χ0n) is 27.3. The number of anilines is 3. The molecule has 0 radical (unpaired) electrons. The van der Waals surface area contributed by atoms with E-state index >= 15 is 0 Å². The summed E-state index contributed by atoms with van der Waals surface area (Å²) in [7, 11) is 0. The van der Waals surface area contributed by atoms with Crippen LogP contribution >= 0.6 is 0 Å². The van der Waals surface area contributed by atoms with Crippen LogP contribution in [0.15, 0.2) is 109 Å². The Morgan fingerprint density at radius 3 is 1.78 bits per heavy atom. The van der Waals surface area contributed by atoms with E-state index < -0.39 is 18.3 Å². The summed E-state index contributed by atoms with van der Waals surface area (Å²) in [5.74, 6) is -0.799. The van der Waals surface area contributed by atoms with Crippen LogP contribution in [0.5, 0.6) is 0 Å². The van der Waals surface area contributed by atoms with Crippen molar-refractivity contribution >= 4 is 40.7 Å². The lowest BCUT2D eigenvalue weighted by atomic mass is 10.1.